The fourth-order valence-electron chi connectivity index (χ4n) is 1.92. The van der Waals surface area contributed by atoms with Crippen LogP contribution in [0.1, 0.15) is 41.3 Å². The third-order valence-corrected chi connectivity index (χ3v) is 3.10. The van der Waals surface area contributed by atoms with Crippen molar-refractivity contribution >= 4 is 17.8 Å². The number of hydrogen-bond donors (Lipinski definition) is 1. The Balaban J connectivity index is 2.03. The van der Waals surface area contributed by atoms with E-state index in [0.717, 1.165) is 24.0 Å². The fraction of sp³-hybridized carbons (Fsp3) is 0.222. The van der Waals surface area contributed by atoms with Gasteiger partial charge in [0.2, 0.25) is 0 Å². The van der Waals surface area contributed by atoms with Crippen LogP contribution in [0.5, 0.6) is 0 Å². The molecule has 0 saturated heterocycles. The molecule has 0 aliphatic rings. The Morgan fingerprint density at radius 1 is 1.24 bits per heavy atom. The number of pyridine rings is 1. The average Bonchev–Trinajstić information content (AvgIpc) is 2.48. The molecule has 0 fully saturated rings. The molecule has 1 aromatic carbocycles. The second kappa shape index (κ2) is 7.39. The summed E-state index contributed by atoms with van der Waals surface area (Å²) in [6, 6.07) is 11.3. The molecule has 0 atom stereocenters. The van der Waals surface area contributed by atoms with Gasteiger partial charge in [-0.2, -0.15) is 0 Å². The zero-order chi connectivity index (χ0) is 15.1. The molecule has 2 aromatic rings. The van der Waals surface area contributed by atoms with E-state index in [1.807, 2.05) is 43.3 Å². The first-order valence-electron chi connectivity index (χ1n) is 7.19. The third-order valence-electron chi connectivity index (χ3n) is 3.10. The molecule has 0 unspecified atom stereocenters. The summed E-state index contributed by atoms with van der Waals surface area (Å²) in [6.07, 6.45) is 8.12. The molecule has 3 heteroatoms. The number of anilines is 1. The van der Waals surface area contributed by atoms with E-state index >= 15 is 0 Å². The topological polar surface area (TPSA) is 42.0 Å². The lowest BCUT2D eigenvalue weighted by Gasteiger charge is -2.05. The van der Waals surface area contributed by atoms with Crippen LogP contribution in [-0.2, 0) is 0 Å². The van der Waals surface area contributed by atoms with Crippen molar-refractivity contribution in [2.45, 2.75) is 26.7 Å². The number of aryl methyl sites for hydroxylation is 1. The van der Waals surface area contributed by atoms with Crippen LogP contribution in [-0.4, -0.2) is 10.9 Å². The Bertz CT molecular complexity index is 630. The monoisotopic (exact) mass is 280 g/mol. The summed E-state index contributed by atoms with van der Waals surface area (Å²) in [6.45, 7) is 4.12. The second-order valence-electron chi connectivity index (χ2n) is 4.99. The highest BCUT2D eigenvalue weighted by molar-refractivity contribution is 6.03. The number of benzene rings is 1. The van der Waals surface area contributed by atoms with Gasteiger partial charge in [0.15, 0.2) is 0 Å². The molecule has 1 amide bonds. The van der Waals surface area contributed by atoms with Crippen molar-refractivity contribution < 1.29 is 4.79 Å². The first-order valence-corrected chi connectivity index (χ1v) is 7.19. The number of aromatic nitrogens is 1. The highest BCUT2D eigenvalue weighted by Gasteiger charge is 2.06. The van der Waals surface area contributed by atoms with Gasteiger partial charge in [-0.15, -0.1) is 0 Å². The molecular weight excluding hydrogens is 260 g/mol. The molecule has 0 spiro atoms. The van der Waals surface area contributed by atoms with Crippen molar-refractivity contribution in [3.63, 3.8) is 0 Å². The number of hydrogen-bond acceptors (Lipinski definition) is 2. The number of nitrogens with one attached hydrogen (secondary N) is 1. The zero-order valence-electron chi connectivity index (χ0n) is 12.5. The highest BCUT2D eigenvalue weighted by Crippen LogP contribution is 2.11. The first kappa shape index (κ1) is 15.0. The molecule has 0 radical (unpaired) electrons. The van der Waals surface area contributed by atoms with Gasteiger partial charge in [-0.25, -0.2) is 4.98 Å². The summed E-state index contributed by atoms with van der Waals surface area (Å²) >= 11 is 0. The van der Waals surface area contributed by atoms with E-state index in [-0.39, 0.29) is 5.91 Å². The number of amides is 1. The lowest BCUT2D eigenvalue weighted by molar-refractivity contribution is 0.102. The van der Waals surface area contributed by atoms with Crippen molar-refractivity contribution in [3.8, 4) is 0 Å². The molecule has 0 bridgehead atoms. The molecule has 2 rings (SSSR count). The molecule has 1 aromatic heterocycles. The van der Waals surface area contributed by atoms with E-state index in [1.54, 1.807) is 6.20 Å². The van der Waals surface area contributed by atoms with Crippen LogP contribution in [0.4, 0.5) is 5.82 Å². The summed E-state index contributed by atoms with van der Waals surface area (Å²) in [5.74, 6) is 0.434. The van der Waals surface area contributed by atoms with Gasteiger partial charge in [-0.3, -0.25) is 4.79 Å². The van der Waals surface area contributed by atoms with Crippen molar-refractivity contribution in [1.29, 1.82) is 0 Å². The van der Waals surface area contributed by atoms with Gasteiger partial charge in [0.1, 0.15) is 5.82 Å². The van der Waals surface area contributed by atoms with Crippen LogP contribution in [0, 0.1) is 6.92 Å². The quantitative estimate of drug-likeness (QED) is 0.878. The number of carbonyl (C=O) groups is 1. The number of nitrogens with zero attached hydrogens (tertiary/aromatic N) is 1. The van der Waals surface area contributed by atoms with Crippen LogP contribution in [0.3, 0.4) is 0 Å². The van der Waals surface area contributed by atoms with Crippen molar-refractivity contribution in [3.05, 3.63) is 65.4 Å². The Morgan fingerprint density at radius 3 is 2.67 bits per heavy atom. The van der Waals surface area contributed by atoms with Crippen molar-refractivity contribution in [1.82, 2.24) is 4.98 Å². The molecular formula is C18H20N2O. The molecule has 108 valence electrons. The first-order chi connectivity index (χ1) is 10.2. The van der Waals surface area contributed by atoms with Crippen LogP contribution in [0.15, 0.2) is 48.7 Å². The van der Waals surface area contributed by atoms with E-state index in [0.29, 0.717) is 11.4 Å². The van der Waals surface area contributed by atoms with Gasteiger partial charge < -0.3 is 5.32 Å². The maximum absolute atomic E-state index is 12.1. The molecule has 21 heavy (non-hydrogen) atoms. The summed E-state index contributed by atoms with van der Waals surface area (Å²) < 4.78 is 0. The zero-order valence-corrected chi connectivity index (χ0v) is 12.5. The Kier molecular flexibility index (Phi) is 5.27. The second-order valence-corrected chi connectivity index (χ2v) is 4.99. The summed E-state index contributed by atoms with van der Waals surface area (Å²) in [7, 11) is 0. The van der Waals surface area contributed by atoms with E-state index in [4.69, 9.17) is 0 Å². The van der Waals surface area contributed by atoms with E-state index < -0.39 is 0 Å². The van der Waals surface area contributed by atoms with E-state index in [2.05, 4.69) is 29.4 Å². The minimum Gasteiger partial charge on any atom is -0.307 e. The average molecular weight is 280 g/mol. The van der Waals surface area contributed by atoms with Crippen molar-refractivity contribution in [2.75, 3.05) is 5.32 Å². The number of allylic oxidation sites excluding steroid dienone is 1. The Labute approximate surface area is 125 Å². The van der Waals surface area contributed by atoms with Crippen LogP contribution in [0.25, 0.3) is 6.08 Å². The predicted octanol–water partition coefficient (Wildman–Crippen LogP) is 4.46. The van der Waals surface area contributed by atoms with Crippen molar-refractivity contribution in [2.24, 2.45) is 0 Å². The van der Waals surface area contributed by atoms with Gasteiger partial charge in [-0.05, 0) is 48.7 Å². The van der Waals surface area contributed by atoms with Crippen LogP contribution in [0.2, 0.25) is 0 Å². The summed E-state index contributed by atoms with van der Waals surface area (Å²) in [5, 5.41) is 2.80. The standard InChI is InChI=1S/C18H20N2O/c1-3-4-5-6-15-7-9-16(10-8-15)18(21)20-17-13-14(2)11-12-19-17/h5-13H,3-4H2,1-2H3,(H,19,20,21). The smallest absolute Gasteiger partial charge is 0.256 e. The number of unbranched alkanes of at least 4 members (excludes halogenated alkanes) is 1. The number of rotatable bonds is 5. The molecule has 0 aliphatic heterocycles. The summed E-state index contributed by atoms with van der Waals surface area (Å²) in [5.41, 5.74) is 2.80. The molecule has 0 saturated carbocycles. The molecule has 3 nitrogen and oxygen atoms in total. The predicted molar refractivity (Wildman–Crippen MR) is 87.3 cm³/mol. The van der Waals surface area contributed by atoms with Gasteiger partial charge in [0, 0.05) is 11.8 Å². The molecule has 0 aliphatic carbocycles. The van der Waals surface area contributed by atoms with Gasteiger partial charge in [-0.1, -0.05) is 37.6 Å². The van der Waals surface area contributed by atoms with E-state index in [1.165, 1.54) is 0 Å². The van der Waals surface area contributed by atoms with Gasteiger partial charge in [0.05, 0.1) is 0 Å². The molecule has 1 N–H and O–H groups in total. The fourth-order valence-corrected chi connectivity index (χ4v) is 1.92. The number of carbonyl (C=O) groups excluding carboxylic acids is 1. The SMILES string of the molecule is CCCC=Cc1ccc(C(=O)Nc2cc(C)ccn2)cc1. The molecule has 1 heterocycles. The lowest BCUT2D eigenvalue weighted by atomic mass is 10.1. The largest absolute Gasteiger partial charge is 0.307 e. The maximum atomic E-state index is 12.1. The van der Waals surface area contributed by atoms with Crippen LogP contribution >= 0.6 is 0 Å². The minimum absolute atomic E-state index is 0.141. The summed E-state index contributed by atoms with van der Waals surface area (Å²) in [4.78, 5) is 16.3. The van der Waals surface area contributed by atoms with E-state index in [9.17, 15) is 4.79 Å². The maximum Gasteiger partial charge on any atom is 0.256 e. The minimum atomic E-state index is -0.141. The van der Waals surface area contributed by atoms with Gasteiger partial charge >= 0.3 is 0 Å². The van der Waals surface area contributed by atoms with Crippen LogP contribution < -0.4 is 5.32 Å². The Hall–Kier alpha value is -2.42. The highest BCUT2D eigenvalue weighted by atomic mass is 16.1. The van der Waals surface area contributed by atoms with Gasteiger partial charge in [0.25, 0.3) is 5.91 Å². The Morgan fingerprint density at radius 2 is 2.00 bits per heavy atom. The normalized spacial score (nSPS) is 10.8. The third kappa shape index (κ3) is 4.56. The lowest BCUT2D eigenvalue weighted by Crippen LogP contribution is -2.12.